The molecule has 0 aliphatic heterocycles. The molecule has 0 spiro atoms. The summed E-state index contributed by atoms with van der Waals surface area (Å²) in [5.41, 5.74) is 6.18. The number of hydrogen-bond acceptors (Lipinski definition) is 2. The van der Waals surface area contributed by atoms with Crippen molar-refractivity contribution in [1.82, 2.24) is 5.32 Å². The maximum Gasteiger partial charge on any atom is 0.253 e. The molecule has 20 heavy (non-hydrogen) atoms. The first-order chi connectivity index (χ1) is 9.49. The van der Waals surface area contributed by atoms with Gasteiger partial charge in [0.2, 0.25) is 0 Å². The number of anilines is 1. The van der Waals surface area contributed by atoms with Gasteiger partial charge in [-0.15, -0.1) is 0 Å². The fraction of sp³-hybridized carbons (Fsp3) is 0.133. The molecule has 1 amide bonds. The van der Waals surface area contributed by atoms with E-state index in [0.29, 0.717) is 0 Å². The minimum Gasteiger partial charge on any atom is -0.396 e. The van der Waals surface area contributed by atoms with Crippen molar-refractivity contribution in [1.29, 1.82) is 0 Å². The number of amides is 1. The largest absolute Gasteiger partial charge is 0.396 e. The molecule has 3 nitrogen and oxygen atoms in total. The highest BCUT2D eigenvalue weighted by Gasteiger charge is 2.15. The lowest BCUT2D eigenvalue weighted by atomic mass is 10.1. The average molecular weight is 276 g/mol. The molecule has 0 saturated heterocycles. The number of rotatable bonds is 3. The molecule has 2 aromatic carbocycles. The third-order valence-electron chi connectivity index (χ3n) is 3.02. The minimum atomic E-state index is -0.632. The smallest absolute Gasteiger partial charge is 0.253 e. The number of carbonyl (C=O) groups excluding carboxylic acids is 1. The first-order valence-corrected chi connectivity index (χ1v) is 6.09. The number of carbonyl (C=O) groups is 1. The number of halogens is 2. The number of nitrogens with one attached hydrogen (secondary N) is 1. The summed E-state index contributed by atoms with van der Waals surface area (Å²) in [5.74, 6) is -1.45. The van der Waals surface area contributed by atoms with Crippen molar-refractivity contribution in [2.45, 2.75) is 13.0 Å². The second-order valence-corrected chi connectivity index (χ2v) is 4.45. The van der Waals surface area contributed by atoms with Gasteiger partial charge in [0, 0.05) is 0 Å². The third kappa shape index (κ3) is 2.93. The molecule has 0 fully saturated rings. The van der Waals surface area contributed by atoms with Crippen molar-refractivity contribution >= 4 is 11.6 Å². The predicted molar refractivity (Wildman–Crippen MR) is 73.1 cm³/mol. The van der Waals surface area contributed by atoms with E-state index < -0.39 is 11.7 Å². The van der Waals surface area contributed by atoms with Crippen LogP contribution in [-0.2, 0) is 0 Å². The zero-order valence-corrected chi connectivity index (χ0v) is 10.9. The lowest BCUT2D eigenvalue weighted by Gasteiger charge is -2.15. The van der Waals surface area contributed by atoms with Gasteiger partial charge in [-0.3, -0.25) is 4.79 Å². The molecule has 0 aliphatic rings. The Bertz CT molecular complexity index is 626. The summed E-state index contributed by atoms with van der Waals surface area (Å²) >= 11 is 0. The molecule has 1 atom stereocenters. The van der Waals surface area contributed by atoms with Crippen LogP contribution in [-0.4, -0.2) is 5.91 Å². The Balaban J connectivity index is 2.15. The van der Waals surface area contributed by atoms with Crippen LogP contribution in [0.15, 0.2) is 42.5 Å². The summed E-state index contributed by atoms with van der Waals surface area (Å²) in [4.78, 5) is 12.0. The first-order valence-electron chi connectivity index (χ1n) is 6.09. The van der Waals surface area contributed by atoms with Gasteiger partial charge in [0.1, 0.15) is 11.6 Å². The van der Waals surface area contributed by atoms with Gasteiger partial charge in [-0.2, -0.15) is 0 Å². The Kier molecular flexibility index (Phi) is 3.98. The molecule has 0 radical (unpaired) electrons. The van der Waals surface area contributed by atoms with Gasteiger partial charge in [0.15, 0.2) is 0 Å². The highest BCUT2D eigenvalue weighted by atomic mass is 19.1. The van der Waals surface area contributed by atoms with Crippen LogP contribution >= 0.6 is 0 Å². The maximum absolute atomic E-state index is 13.3. The van der Waals surface area contributed by atoms with Crippen LogP contribution < -0.4 is 11.1 Å². The Morgan fingerprint density at radius 1 is 1.15 bits per heavy atom. The van der Waals surface area contributed by atoms with E-state index in [1.807, 2.05) is 0 Å². The number of nitrogen functional groups attached to an aromatic ring is 1. The molecule has 0 heterocycles. The Hall–Kier alpha value is -2.43. The fourth-order valence-corrected chi connectivity index (χ4v) is 1.84. The standard InChI is InChI=1S/C15H14F2N2O/c1-9(10-5-7-11(16)8-6-10)19-15(20)12-3-2-4-13(17)14(12)18/h2-9H,18H2,1H3,(H,19,20). The van der Waals surface area contributed by atoms with Gasteiger partial charge in [-0.05, 0) is 36.8 Å². The highest BCUT2D eigenvalue weighted by molar-refractivity contribution is 5.99. The average Bonchev–Trinajstić information content (AvgIpc) is 2.42. The monoisotopic (exact) mass is 276 g/mol. The van der Waals surface area contributed by atoms with Crippen molar-refractivity contribution in [3.05, 3.63) is 65.2 Å². The van der Waals surface area contributed by atoms with E-state index >= 15 is 0 Å². The Morgan fingerprint density at radius 3 is 2.45 bits per heavy atom. The Morgan fingerprint density at radius 2 is 1.80 bits per heavy atom. The second kappa shape index (κ2) is 5.69. The molecule has 5 heteroatoms. The van der Waals surface area contributed by atoms with Gasteiger partial charge in [-0.1, -0.05) is 18.2 Å². The van der Waals surface area contributed by atoms with Gasteiger partial charge >= 0.3 is 0 Å². The van der Waals surface area contributed by atoms with E-state index in [4.69, 9.17) is 5.73 Å². The van der Waals surface area contributed by atoms with E-state index in [0.717, 1.165) is 5.56 Å². The molecule has 1 unspecified atom stereocenters. The van der Waals surface area contributed by atoms with Crippen LogP contribution in [0.5, 0.6) is 0 Å². The molecule has 0 aromatic heterocycles. The molecule has 3 N–H and O–H groups in total. The van der Waals surface area contributed by atoms with Crippen molar-refractivity contribution in [2.24, 2.45) is 0 Å². The molecule has 0 bridgehead atoms. The summed E-state index contributed by atoms with van der Waals surface area (Å²) in [7, 11) is 0. The van der Waals surface area contributed by atoms with Crippen molar-refractivity contribution in [3.8, 4) is 0 Å². The zero-order valence-electron chi connectivity index (χ0n) is 10.9. The van der Waals surface area contributed by atoms with Gasteiger partial charge in [0.25, 0.3) is 5.91 Å². The lowest BCUT2D eigenvalue weighted by molar-refractivity contribution is 0.0940. The SMILES string of the molecule is CC(NC(=O)c1cccc(F)c1N)c1ccc(F)cc1. The summed E-state index contributed by atoms with van der Waals surface area (Å²) in [6.45, 7) is 1.75. The second-order valence-electron chi connectivity index (χ2n) is 4.45. The molecule has 0 aliphatic carbocycles. The fourth-order valence-electron chi connectivity index (χ4n) is 1.84. The molecule has 0 saturated carbocycles. The molecule has 2 aromatic rings. The summed E-state index contributed by atoms with van der Waals surface area (Å²) in [6, 6.07) is 9.50. The normalized spacial score (nSPS) is 11.9. The molecule has 2 rings (SSSR count). The topological polar surface area (TPSA) is 55.1 Å². The molecular formula is C15H14F2N2O. The summed E-state index contributed by atoms with van der Waals surface area (Å²) < 4.78 is 26.1. The molecule has 104 valence electrons. The van der Waals surface area contributed by atoms with Crippen LogP contribution in [0.3, 0.4) is 0 Å². The summed E-state index contributed by atoms with van der Waals surface area (Å²) in [6.07, 6.45) is 0. The van der Waals surface area contributed by atoms with Crippen molar-refractivity contribution in [3.63, 3.8) is 0 Å². The van der Waals surface area contributed by atoms with E-state index in [2.05, 4.69) is 5.32 Å². The lowest BCUT2D eigenvalue weighted by Crippen LogP contribution is -2.27. The van der Waals surface area contributed by atoms with Gasteiger partial charge < -0.3 is 11.1 Å². The van der Waals surface area contributed by atoms with Crippen LogP contribution in [0.4, 0.5) is 14.5 Å². The zero-order chi connectivity index (χ0) is 14.7. The van der Waals surface area contributed by atoms with Crippen molar-refractivity contribution in [2.75, 3.05) is 5.73 Å². The van der Waals surface area contributed by atoms with Crippen LogP contribution in [0.1, 0.15) is 28.9 Å². The number of nitrogens with two attached hydrogens (primary N) is 1. The first kappa shape index (κ1) is 14.0. The minimum absolute atomic E-state index is 0.0824. The molecular weight excluding hydrogens is 262 g/mol. The number of hydrogen-bond donors (Lipinski definition) is 2. The predicted octanol–water partition coefficient (Wildman–Crippen LogP) is 3.04. The van der Waals surface area contributed by atoms with Crippen LogP contribution in [0, 0.1) is 11.6 Å². The number of para-hydroxylation sites is 1. The van der Waals surface area contributed by atoms with E-state index in [9.17, 15) is 13.6 Å². The van der Waals surface area contributed by atoms with Gasteiger partial charge in [0.05, 0.1) is 17.3 Å². The number of benzene rings is 2. The van der Waals surface area contributed by atoms with Crippen molar-refractivity contribution < 1.29 is 13.6 Å². The van der Waals surface area contributed by atoms with E-state index in [1.54, 1.807) is 19.1 Å². The van der Waals surface area contributed by atoms with Gasteiger partial charge in [-0.25, -0.2) is 8.78 Å². The van der Waals surface area contributed by atoms with E-state index in [-0.39, 0.29) is 23.1 Å². The third-order valence-corrected chi connectivity index (χ3v) is 3.02. The quantitative estimate of drug-likeness (QED) is 0.847. The summed E-state index contributed by atoms with van der Waals surface area (Å²) in [5, 5.41) is 2.69. The highest BCUT2D eigenvalue weighted by Crippen LogP contribution is 2.18. The van der Waals surface area contributed by atoms with Crippen LogP contribution in [0.2, 0.25) is 0 Å². The maximum atomic E-state index is 13.3. The van der Waals surface area contributed by atoms with E-state index in [1.165, 1.54) is 30.3 Å². The van der Waals surface area contributed by atoms with Crippen LogP contribution in [0.25, 0.3) is 0 Å². The Labute approximate surface area is 115 Å².